The van der Waals surface area contributed by atoms with Crippen molar-refractivity contribution in [1.29, 1.82) is 0 Å². The smallest absolute Gasteiger partial charge is 0.306 e. The van der Waals surface area contributed by atoms with Crippen LogP contribution in [-0.4, -0.2) is 43.3 Å². The first-order chi connectivity index (χ1) is 14.9. The molecule has 0 bridgehead atoms. The number of hydrogen-bond donors (Lipinski definition) is 1. The molecule has 8 nitrogen and oxygen atoms in total. The van der Waals surface area contributed by atoms with Gasteiger partial charge in [-0.3, -0.25) is 24.1 Å². The van der Waals surface area contributed by atoms with E-state index in [0.717, 1.165) is 0 Å². The van der Waals surface area contributed by atoms with Crippen molar-refractivity contribution < 1.29 is 33.0 Å². The lowest BCUT2D eigenvalue weighted by atomic mass is 10.0. The van der Waals surface area contributed by atoms with Gasteiger partial charge in [0.25, 0.3) is 5.91 Å². The number of ether oxygens (including phenoxy) is 2. The van der Waals surface area contributed by atoms with Crippen LogP contribution in [0.1, 0.15) is 30.1 Å². The van der Waals surface area contributed by atoms with Gasteiger partial charge in [-0.05, 0) is 37.3 Å². The summed E-state index contributed by atoms with van der Waals surface area (Å²) >= 11 is 0. The van der Waals surface area contributed by atoms with Crippen LogP contribution < -0.4 is 15.0 Å². The first-order valence-corrected chi connectivity index (χ1v) is 9.69. The number of ketones is 1. The van der Waals surface area contributed by atoms with Gasteiger partial charge in [0.05, 0.1) is 24.4 Å². The molecule has 1 aliphatic rings. The molecular weight excluding hydrogens is 407 g/mol. The van der Waals surface area contributed by atoms with E-state index in [1.54, 1.807) is 13.0 Å². The van der Waals surface area contributed by atoms with E-state index in [-0.39, 0.29) is 55.3 Å². The first-order valence-electron chi connectivity index (χ1n) is 9.69. The number of anilines is 2. The Bertz CT molecular complexity index is 1020. The second kappa shape index (κ2) is 9.84. The lowest BCUT2D eigenvalue weighted by Gasteiger charge is -2.29. The molecule has 0 unspecified atom stereocenters. The predicted molar refractivity (Wildman–Crippen MR) is 110 cm³/mol. The van der Waals surface area contributed by atoms with E-state index < -0.39 is 23.6 Å². The van der Waals surface area contributed by atoms with Crippen molar-refractivity contribution in [1.82, 2.24) is 0 Å². The Morgan fingerprint density at radius 2 is 1.94 bits per heavy atom. The van der Waals surface area contributed by atoms with Crippen molar-refractivity contribution in [3.8, 4) is 5.75 Å². The molecule has 2 aromatic carbocycles. The van der Waals surface area contributed by atoms with Gasteiger partial charge in [0.15, 0.2) is 12.4 Å². The number of carbonyl (C=O) groups is 4. The summed E-state index contributed by atoms with van der Waals surface area (Å²) in [6.45, 7) is 1.26. The summed E-state index contributed by atoms with van der Waals surface area (Å²) in [6, 6.07) is 10.2. The number of amides is 2. The number of benzene rings is 2. The summed E-state index contributed by atoms with van der Waals surface area (Å²) in [5, 5.41) is 2.42. The first kappa shape index (κ1) is 21.9. The minimum absolute atomic E-state index is 0.00340. The summed E-state index contributed by atoms with van der Waals surface area (Å²) in [6.07, 6.45) is -0.117. The minimum Gasteiger partial charge on any atom is -0.482 e. The molecule has 9 heteroatoms. The molecule has 0 radical (unpaired) electrons. The van der Waals surface area contributed by atoms with Gasteiger partial charge in [0.2, 0.25) is 5.91 Å². The largest absolute Gasteiger partial charge is 0.482 e. The number of Topliss-reactive ketones (excluding diaryl/α,β-unsaturated/α-hetero) is 1. The van der Waals surface area contributed by atoms with Crippen LogP contribution in [0.5, 0.6) is 5.75 Å². The number of halogens is 1. The van der Waals surface area contributed by atoms with Crippen LogP contribution in [0, 0.1) is 5.82 Å². The van der Waals surface area contributed by atoms with Crippen LogP contribution in [0.25, 0.3) is 0 Å². The molecule has 3 rings (SSSR count). The molecule has 162 valence electrons. The van der Waals surface area contributed by atoms with E-state index in [0.29, 0.717) is 5.75 Å². The molecule has 2 aromatic rings. The molecule has 31 heavy (non-hydrogen) atoms. The van der Waals surface area contributed by atoms with E-state index in [4.69, 9.17) is 9.47 Å². The molecule has 0 saturated carbocycles. The Morgan fingerprint density at radius 1 is 1.16 bits per heavy atom. The number of hydrogen-bond acceptors (Lipinski definition) is 6. The van der Waals surface area contributed by atoms with Gasteiger partial charge in [-0.15, -0.1) is 0 Å². The van der Waals surface area contributed by atoms with E-state index in [9.17, 15) is 23.6 Å². The molecule has 0 fully saturated rings. The molecule has 0 aliphatic carbocycles. The Hall–Kier alpha value is -3.75. The minimum atomic E-state index is -0.606. The predicted octanol–water partition coefficient (Wildman–Crippen LogP) is 2.72. The third-order valence-corrected chi connectivity index (χ3v) is 4.54. The third kappa shape index (κ3) is 5.44. The maximum absolute atomic E-state index is 13.8. The van der Waals surface area contributed by atoms with Gasteiger partial charge in [-0.25, -0.2) is 4.39 Å². The highest BCUT2D eigenvalue weighted by Crippen LogP contribution is 2.33. The third-order valence-electron chi connectivity index (χ3n) is 4.54. The van der Waals surface area contributed by atoms with E-state index >= 15 is 0 Å². The summed E-state index contributed by atoms with van der Waals surface area (Å²) in [5.74, 6) is -2.14. The van der Waals surface area contributed by atoms with Crippen LogP contribution in [0.4, 0.5) is 15.8 Å². The lowest BCUT2D eigenvalue weighted by Crippen LogP contribution is -2.43. The van der Waals surface area contributed by atoms with Crippen molar-refractivity contribution in [3.63, 3.8) is 0 Å². The number of para-hydroxylation sites is 1. The topological polar surface area (TPSA) is 102 Å². The van der Waals surface area contributed by atoms with Gasteiger partial charge < -0.3 is 14.8 Å². The number of rotatable bonds is 8. The zero-order chi connectivity index (χ0) is 22.4. The van der Waals surface area contributed by atoms with Gasteiger partial charge in [-0.2, -0.15) is 0 Å². The molecular formula is C22H21FN2O6. The lowest BCUT2D eigenvalue weighted by molar-refractivity contribution is -0.143. The molecule has 0 atom stereocenters. The van der Waals surface area contributed by atoms with Crippen molar-refractivity contribution >= 4 is 34.9 Å². The number of esters is 1. The summed E-state index contributed by atoms with van der Waals surface area (Å²) in [5.41, 5.74) is 0.513. The highest BCUT2D eigenvalue weighted by atomic mass is 19.1. The molecule has 1 N–H and O–H groups in total. The van der Waals surface area contributed by atoms with E-state index in [1.165, 1.54) is 41.3 Å². The average Bonchev–Trinajstić information content (AvgIpc) is 2.75. The molecule has 0 spiro atoms. The Kier molecular flexibility index (Phi) is 6.96. The summed E-state index contributed by atoms with van der Waals surface area (Å²) < 4.78 is 24.0. The van der Waals surface area contributed by atoms with Crippen molar-refractivity contribution in [2.75, 3.05) is 30.0 Å². The fraction of sp³-hybridized carbons (Fsp3) is 0.273. The maximum atomic E-state index is 13.8. The van der Waals surface area contributed by atoms with Crippen molar-refractivity contribution in [3.05, 3.63) is 53.8 Å². The van der Waals surface area contributed by atoms with Gasteiger partial charge >= 0.3 is 5.97 Å². The number of carbonyl (C=O) groups excluding carboxylic acids is 4. The summed E-state index contributed by atoms with van der Waals surface area (Å²) in [7, 11) is 0. The number of nitrogens with one attached hydrogen (secondary N) is 1. The highest BCUT2D eigenvalue weighted by Gasteiger charge is 2.28. The van der Waals surface area contributed by atoms with Crippen LogP contribution >= 0.6 is 0 Å². The Balaban J connectivity index is 1.75. The normalized spacial score (nSPS) is 12.6. The SMILES string of the molecule is CCOC(=O)CCC(=O)c1ccc2c(c1)N(CC(=O)Nc1ccccc1F)C(=O)CO2. The second-order valence-electron chi connectivity index (χ2n) is 6.71. The van der Waals surface area contributed by atoms with Crippen LogP contribution in [-0.2, 0) is 19.1 Å². The number of nitrogens with zero attached hydrogens (tertiary/aromatic N) is 1. The monoisotopic (exact) mass is 428 g/mol. The quantitative estimate of drug-likeness (QED) is 0.512. The van der Waals surface area contributed by atoms with Gasteiger partial charge in [0.1, 0.15) is 18.1 Å². The Morgan fingerprint density at radius 3 is 2.68 bits per heavy atom. The standard InChI is InChI=1S/C22H21FN2O6/c1-2-30-22(29)10-8-18(26)14-7-9-19-17(11-14)25(21(28)13-31-19)12-20(27)24-16-6-4-3-5-15(16)23/h3-7,9,11H,2,8,10,12-13H2,1H3,(H,24,27). The molecule has 0 aromatic heterocycles. The van der Waals surface area contributed by atoms with Crippen LogP contribution in [0.2, 0.25) is 0 Å². The molecule has 0 saturated heterocycles. The van der Waals surface area contributed by atoms with Crippen LogP contribution in [0.15, 0.2) is 42.5 Å². The second-order valence-corrected chi connectivity index (χ2v) is 6.71. The molecule has 1 heterocycles. The van der Waals surface area contributed by atoms with Crippen molar-refractivity contribution in [2.45, 2.75) is 19.8 Å². The number of fused-ring (bicyclic) bond motifs is 1. The maximum Gasteiger partial charge on any atom is 0.306 e. The Labute approximate surface area is 177 Å². The van der Waals surface area contributed by atoms with Gasteiger partial charge in [-0.1, -0.05) is 12.1 Å². The average molecular weight is 428 g/mol. The fourth-order valence-electron chi connectivity index (χ4n) is 3.04. The molecule has 2 amide bonds. The summed E-state index contributed by atoms with van der Waals surface area (Å²) in [4.78, 5) is 49.9. The molecule has 1 aliphatic heterocycles. The zero-order valence-corrected chi connectivity index (χ0v) is 16.9. The van der Waals surface area contributed by atoms with Gasteiger partial charge in [0, 0.05) is 12.0 Å². The highest BCUT2D eigenvalue weighted by molar-refractivity contribution is 6.06. The zero-order valence-electron chi connectivity index (χ0n) is 16.9. The van der Waals surface area contributed by atoms with Crippen molar-refractivity contribution in [2.24, 2.45) is 0 Å². The van der Waals surface area contributed by atoms with Crippen LogP contribution in [0.3, 0.4) is 0 Å². The van der Waals surface area contributed by atoms with E-state index in [2.05, 4.69) is 5.32 Å². The van der Waals surface area contributed by atoms with E-state index in [1.807, 2.05) is 0 Å². The fourth-order valence-corrected chi connectivity index (χ4v) is 3.04.